The molecule has 1 aromatic heterocycles. The molecule has 0 amide bonds. The van der Waals surface area contributed by atoms with E-state index in [1.807, 2.05) is 0 Å². The normalized spacial score (nSPS) is 9.70. The highest BCUT2D eigenvalue weighted by Crippen LogP contribution is 2.28. The number of anilines is 1. The second-order valence-electron chi connectivity index (χ2n) is 1.63. The summed E-state index contributed by atoms with van der Waals surface area (Å²) in [7, 11) is 0. The van der Waals surface area contributed by atoms with Gasteiger partial charge in [-0.3, -0.25) is 0 Å². The Hall–Kier alpha value is -0.740. The number of hydrogen-bond acceptors (Lipinski definition) is 3. The second kappa shape index (κ2) is 2.48. The number of carboxylic acid groups (broad SMARTS) is 1. The molecule has 5 heteroatoms. The molecule has 1 heterocycles. The SMILES string of the molecule is Nc1scc(Cl)c1C(=O)O. The Bertz CT molecular complexity index is 251. The van der Waals surface area contributed by atoms with Crippen molar-refractivity contribution in [3.05, 3.63) is 16.0 Å². The minimum atomic E-state index is -1.08. The van der Waals surface area contributed by atoms with E-state index < -0.39 is 5.97 Å². The van der Waals surface area contributed by atoms with E-state index in [4.69, 9.17) is 22.4 Å². The van der Waals surface area contributed by atoms with Gasteiger partial charge in [0.1, 0.15) is 10.6 Å². The predicted molar refractivity (Wildman–Crippen MR) is 40.7 cm³/mol. The Morgan fingerprint density at radius 3 is 2.60 bits per heavy atom. The summed E-state index contributed by atoms with van der Waals surface area (Å²) in [6.45, 7) is 0. The van der Waals surface area contributed by atoms with Gasteiger partial charge in [0, 0.05) is 5.38 Å². The smallest absolute Gasteiger partial charge is 0.340 e. The summed E-state index contributed by atoms with van der Waals surface area (Å²) in [4.78, 5) is 10.3. The molecule has 3 N–H and O–H groups in total. The average Bonchev–Trinajstić information content (AvgIpc) is 2.11. The second-order valence-corrected chi connectivity index (χ2v) is 2.95. The number of carboxylic acids is 1. The van der Waals surface area contributed by atoms with Crippen LogP contribution in [0.5, 0.6) is 0 Å². The van der Waals surface area contributed by atoms with Crippen molar-refractivity contribution in [3.63, 3.8) is 0 Å². The molecule has 1 aromatic rings. The van der Waals surface area contributed by atoms with E-state index in [0.29, 0.717) is 0 Å². The van der Waals surface area contributed by atoms with Crippen LogP contribution in [-0.2, 0) is 0 Å². The monoisotopic (exact) mass is 177 g/mol. The molecule has 0 aliphatic rings. The zero-order valence-electron chi connectivity index (χ0n) is 4.80. The highest BCUT2D eigenvalue weighted by molar-refractivity contribution is 7.15. The van der Waals surface area contributed by atoms with Crippen LogP contribution in [0.15, 0.2) is 5.38 Å². The standard InChI is InChI=1S/C5H4ClNO2S/c6-2-1-10-4(7)3(2)5(8)9/h1H,7H2,(H,8,9). The number of nitrogens with two attached hydrogens (primary N) is 1. The van der Waals surface area contributed by atoms with Gasteiger partial charge in [-0.2, -0.15) is 0 Å². The van der Waals surface area contributed by atoms with Gasteiger partial charge in [-0.05, 0) is 0 Å². The molecule has 0 radical (unpaired) electrons. The summed E-state index contributed by atoms with van der Waals surface area (Å²) in [5, 5.41) is 10.4. The summed E-state index contributed by atoms with van der Waals surface area (Å²) in [5.41, 5.74) is 5.30. The van der Waals surface area contributed by atoms with E-state index in [0.717, 1.165) is 11.3 Å². The van der Waals surface area contributed by atoms with E-state index in [1.54, 1.807) is 0 Å². The number of thiophene rings is 1. The van der Waals surface area contributed by atoms with Crippen LogP contribution in [0.2, 0.25) is 5.02 Å². The van der Waals surface area contributed by atoms with Crippen molar-refractivity contribution in [1.82, 2.24) is 0 Å². The highest BCUT2D eigenvalue weighted by Gasteiger charge is 2.13. The average molecular weight is 178 g/mol. The van der Waals surface area contributed by atoms with Gasteiger partial charge in [-0.15, -0.1) is 11.3 Å². The molecule has 10 heavy (non-hydrogen) atoms. The van der Waals surface area contributed by atoms with Crippen LogP contribution in [0.1, 0.15) is 10.4 Å². The maximum Gasteiger partial charge on any atom is 0.340 e. The van der Waals surface area contributed by atoms with Gasteiger partial charge >= 0.3 is 5.97 Å². The van der Waals surface area contributed by atoms with Gasteiger partial charge in [0.15, 0.2) is 0 Å². The van der Waals surface area contributed by atoms with E-state index in [9.17, 15) is 4.79 Å². The molecule has 0 fully saturated rings. The maximum absolute atomic E-state index is 10.3. The molecule has 0 aliphatic carbocycles. The third-order valence-electron chi connectivity index (χ3n) is 0.988. The van der Waals surface area contributed by atoms with Crippen molar-refractivity contribution in [3.8, 4) is 0 Å². The number of carbonyl (C=O) groups is 1. The summed E-state index contributed by atoms with van der Waals surface area (Å²) < 4.78 is 0. The lowest BCUT2D eigenvalue weighted by Gasteiger charge is -1.89. The molecule has 0 atom stereocenters. The fourth-order valence-corrected chi connectivity index (χ4v) is 1.59. The number of rotatable bonds is 1. The first-order chi connectivity index (χ1) is 4.63. The summed E-state index contributed by atoms with van der Waals surface area (Å²) in [5.74, 6) is -1.08. The number of halogens is 1. The molecule has 54 valence electrons. The molecule has 0 saturated carbocycles. The van der Waals surface area contributed by atoms with Gasteiger partial charge in [-0.1, -0.05) is 11.6 Å². The van der Waals surface area contributed by atoms with Crippen molar-refractivity contribution in [2.45, 2.75) is 0 Å². The Morgan fingerprint density at radius 1 is 1.80 bits per heavy atom. The van der Waals surface area contributed by atoms with Crippen molar-refractivity contribution >= 4 is 33.9 Å². The molecular formula is C5H4ClNO2S. The van der Waals surface area contributed by atoms with E-state index in [-0.39, 0.29) is 15.6 Å². The topological polar surface area (TPSA) is 63.3 Å². The van der Waals surface area contributed by atoms with E-state index >= 15 is 0 Å². The van der Waals surface area contributed by atoms with Gasteiger partial charge < -0.3 is 10.8 Å². The molecule has 0 aromatic carbocycles. The first-order valence-corrected chi connectivity index (χ1v) is 3.64. The van der Waals surface area contributed by atoms with E-state index in [2.05, 4.69) is 0 Å². The Labute approximate surface area is 66.0 Å². The zero-order chi connectivity index (χ0) is 7.72. The van der Waals surface area contributed by atoms with Gasteiger partial charge in [0.05, 0.1) is 5.02 Å². The minimum absolute atomic E-state index is 0.00617. The Morgan fingerprint density at radius 2 is 2.40 bits per heavy atom. The molecule has 0 aliphatic heterocycles. The van der Waals surface area contributed by atoms with Crippen LogP contribution in [-0.4, -0.2) is 11.1 Å². The molecule has 0 unspecified atom stereocenters. The van der Waals surface area contributed by atoms with Crippen LogP contribution < -0.4 is 5.73 Å². The third-order valence-corrected chi connectivity index (χ3v) is 2.23. The number of hydrogen-bond donors (Lipinski definition) is 2. The van der Waals surface area contributed by atoms with Crippen LogP contribution in [0.4, 0.5) is 5.00 Å². The van der Waals surface area contributed by atoms with Crippen molar-refractivity contribution in [2.24, 2.45) is 0 Å². The van der Waals surface area contributed by atoms with Crippen molar-refractivity contribution in [2.75, 3.05) is 5.73 Å². The molecule has 0 saturated heterocycles. The maximum atomic E-state index is 10.3. The zero-order valence-corrected chi connectivity index (χ0v) is 6.37. The number of aromatic carboxylic acids is 1. The molecular weight excluding hydrogens is 174 g/mol. The predicted octanol–water partition coefficient (Wildman–Crippen LogP) is 1.68. The van der Waals surface area contributed by atoms with Crippen molar-refractivity contribution < 1.29 is 9.90 Å². The fourth-order valence-electron chi connectivity index (χ4n) is 0.558. The molecule has 1 rings (SSSR count). The largest absolute Gasteiger partial charge is 0.478 e. The van der Waals surface area contributed by atoms with Crippen molar-refractivity contribution in [1.29, 1.82) is 0 Å². The highest BCUT2D eigenvalue weighted by atomic mass is 35.5. The van der Waals surface area contributed by atoms with Gasteiger partial charge in [0.25, 0.3) is 0 Å². The first kappa shape index (κ1) is 7.37. The Kier molecular flexibility index (Phi) is 1.82. The Balaban J connectivity index is 3.23. The fraction of sp³-hybridized carbons (Fsp3) is 0. The number of nitrogen functional groups attached to an aromatic ring is 1. The van der Waals surface area contributed by atoms with E-state index in [1.165, 1.54) is 5.38 Å². The molecule has 0 bridgehead atoms. The van der Waals surface area contributed by atoms with Crippen LogP contribution in [0.3, 0.4) is 0 Å². The summed E-state index contributed by atoms with van der Waals surface area (Å²) in [6.07, 6.45) is 0. The first-order valence-electron chi connectivity index (χ1n) is 2.38. The van der Waals surface area contributed by atoms with Crippen LogP contribution in [0.25, 0.3) is 0 Å². The lowest BCUT2D eigenvalue weighted by molar-refractivity contribution is 0.0699. The van der Waals surface area contributed by atoms with Crippen LogP contribution in [0, 0.1) is 0 Å². The quantitative estimate of drug-likeness (QED) is 0.686. The summed E-state index contributed by atoms with van der Waals surface area (Å²) >= 11 is 6.61. The lowest BCUT2D eigenvalue weighted by atomic mass is 10.3. The lowest BCUT2D eigenvalue weighted by Crippen LogP contribution is -1.98. The van der Waals surface area contributed by atoms with Gasteiger partial charge in [-0.25, -0.2) is 4.79 Å². The van der Waals surface area contributed by atoms with Crippen LogP contribution >= 0.6 is 22.9 Å². The van der Waals surface area contributed by atoms with Gasteiger partial charge in [0.2, 0.25) is 0 Å². The summed E-state index contributed by atoms with van der Waals surface area (Å²) in [6, 6.07) is 0. The minimum Gasteiger partial charge on any atom is -0.478 e. The third kappa shape index (κ3) is 1.08. The molecule has 0 spiro atoms. The molecule has 3 nitrogen and oxygen atoms in total.